The SMILES string of the molecule is CC.CC([NH3+])(CC1CC2CCCCC2C1)CC1CC2CCCCC2C1.CCc1ccc(C)cc1. The molecule has 4 aliphatic rings. The fourth-order valence-electron chi connectivity index (χ4n) is 8.35. The van der Waals surface area contributed by atoms with Gasteiger partial charge >= 0.3 is 0 Å². The van der Waals surface area contributed by atoms with E-state index in [9.17, 15) is 0 Å². The van der Waals surface area contributed by atoms with Crippen LogP contribution in [0.1, 0.15) is 129 Å². The van der Waals surface area contributed by atoms with Gasteiger partial charge in [0.15, 0.2) is 0 Å². The van der Waals surface area contributed by atoms with E-state index in [0.29, 0.717) is 5.54 Å². The summed E-state index contributed by atoms with van der Waals surface area (Å²) in [4.78, 5) is 0. The monoisotopic (exact) mass is 468 g/mol. The maximum atomic E-state index is 4.73. The van der Waals surface area contributed by atoms with E-state index in [1.165, 1.54) is 49.7 Å². The van der Waals surface area contributed by atoms with Gasteiger partial charge in [-0.05, 0) is 87.0 Å². The summed E-state index contributed by atoms with van der Waals surface area (Å²) in [7, 11) is 0. The van der Waals surface area contributed by atoms with E-state index in [1.807, 2.05) is 13.8 Å². The molecule has 0 heterocycles. The maximum Gasteiger partial charge on any atom is 0.0922 e. The van der Waals surface area contributed by atoms with Gasteiger partial charge in [0.25, 0.3) is 0 Å². The first-order valence-corrected chi connectivity index (χ1v) is 15.3. The number of quaternary nitrogens is 1. The van der Waals surface area contributed by atoms with E-state index in [-0.39, 0.29) is 0 Å². The quantitative estimate of drug-likeness (QED) is 0.447. The van der Waals surface area contributed by atoms with Crippen molar-refractivity contribution < 1.29 is 5.73 Å². The van der Waals surface area contributed by atoms with Crippen LogP contribution in [-0.2, 0) is 6.42 Å². The predicted molar refractivity (Wildman–Crippen MR) is 149 cm³/mol. The first kappa shape index (κ1) is 27.8. The van der Waals surface area contributed by atoms with E-state index in [2.05, 4.69) is 45.0 Å². The van der Waals surface area contributed by atoms with Gasteiger partial charge in [-0.1, -0.05) is 102 Å². The summed E-state index contributed by atoms with van der Waals surface area (Å²) in [6.07, 6.45) is 22.4. The van der Waals surface area contributed by atoms with Gasteiger partial charge in [0, 0.05) is 12.8 Å². The first-order chi connectivity index (χ1) is 16.4. The van der Waals surface area contributed by atoms with Crippen LogP contribution in [0.4, 0.5) is 0 Å². The Balaban J connectivity index is 0.000000248. The molecule has 0 saturated heterocycles. The summed E-state index contributed by atoms with van der Waals surface area (Å²) < 4.78 is 0. The Morgan fingerprint density at radius 1 is 0.706 bits per heavy atom. The minimum Gasteiger partial charge on any atom is -0.353 e. The fourth-order valence-corrected chi connectivity index (χ4v) is 8.35. The third-order valence-corrected chi connectivity index (χ3v) is 9.77. The van der Waals surface area contributed by atoms with Crippen LogP contribution in [-0.4, -0.2) is 5.54 Å². The molecule has 4 unspecified atom stereocenters. The highest BCUT2D eigenvalue weighted by Crippen LogP contribution is 2.50. The van der Waals surface area contributed by atoms with Crippen molar-refractivity contribution in [2.45, 2.75) is 136 Å². The van der Waals surface area contributed by atoms with Gasteiger partial charge < -0.3 is 5.73 Å². The molecular formula is C33H58N+. The molecule has 0 radical (unpaired) electrons. The largest absolute Gasteiger partial charge is 0.353 e. The lowest BCUT2D eigenvalue weighted by Gasteiger charge is -2.27. The van der Waals surface area contributed by atoms with Crippen LogP contribution in [0.15, 0.2) is 24.3 Å². The maximum absolute atomic E-state index is 4.73. The molecular weight excluding hydrogens is 410 g/mol. The van der Waals surface area contributed by atoms with Crippen molar-refractivity contribution in [3.63, 3.8) is 0 Å². The topological polar surface area (TPSA) is 27.6 Å². The van der Waals surface area contributed by atoms with Crippen molar-refractivity contribution >= 4 is 0 Å². The lowest BCUT2D eigenvalue weighted by Crippen LogP contribution is -2.71. The Morgan fingerprint density at radius 3 is 1.38 bits per heavy atom. The summed E-state index contributed by atoms with van der Waals surface area (Å²) in [6.45, 7) is 10.8. The van der Waals surface area contributed by atoms with E-state index in [1.54, 1.807) is 51.4 Å². The second kappa shape index (κ2) is 13.5. The van der Waals surface area contributed by atoms with E-state index in [4.69, 9.17) is 5.73 Å². The highest BCUT2D eigenvalue weighted by atomic mass is 14.7. The summed E-state index contributed by atoms with van der Waals surface area (Å²) >= 11 is 0. The van der Waals surface area contributed by atoms with E-state index in [0.717, 1.165) is 41.9 Å². The van der Waals surface area contributed by atoms with Crippen LogP contribution in [0.3, 0.4) is 0 Å². The highest BCUT2D eigenvalue weighted by molar-refractivity contribution is 5.20. The molecule has 0 amide bonds. The molecule has 4 fully saturated rings. The van der Waals surface area contributed by atoms with Gasteiger partial charge in [-0.2, -0.15) is 0 Å². The van der Waals surface area contributed by atoms with Gasteiger partial charge in [0.05, 0.1) is 5.54 Å². The number of aryl methyl sites for hydroxylation is 2. The molecule has 1 aromatic carbocycles. The summed E-state index contributed by atoms with van der Waals surface area (Å²) in [5.41, 5.74) is 7.85. The number of rotatable bonds is 5. The Hall–Kier alpha value is -0.820. The number of fused-ring (bicyclic) bond motifs is 2. The molecule has 1 heteroatoms. The van der Waals surface area contributed by atoms with Crippen LogP contribution in [0, 0.1) is 42.4 Å². The lowest BCUT2D eigenvalue weighted by molar-refractivity contribution is -0.479. The summed E-state index contributed by atoms with van der Waals surface area (Å²) in [6, 6.07) is 8.66. The Bertz CT molecular complexity index is 625. The third kappa shape index (κ3) is 8.11. The van der Waals surface area contributed by atoms with Gasteiger partial charge in [-0.3, -0.25) is 0 Å². The minimum absolute atomic E-state index is 0.357. The van der Waals surface area contributed by atoms with E-state index < -0.39 is 0 Å². The van der Waals surface area contributed by atoms with Crippen molar-refractivity contribution in [2.24, 2.45) is 35.5 Å². The van der Waals surface area contributed by atoms with Crippen LogP contribution in [0.2, 0.25) is 0 Å². The molecule has 1 nitrogen and oxygen atoms in total. The van der Waals surface area contributed by atoms with Crippen LogP contribution in [0.5, 0.6) is 0 Å². The number of hydrogen-bond donors (Lipinski definition) is 1. The van der Waals surface area contributed by atoms with Crippen LogP contribution < -0.4 is 5.73 Å². The first-order valence-electron chi connectivity index (χ1n) is 15.3. The third-order valence-electron chi connectivity index (χ3n) is 9.77. The molecule has 0 aromatic heterocycles. The molecule has 4 aliphatic carbocycles. The molecule has 4 saturated carbocycles. The molecule has 0 spiro atoms. The van der Waals surface area contributed by atoms with Crippen molar-refractivity contribution in [2.75, 3.05) is 0 Å². The van der Waals surface area contributed by atoms with Crippen LogP contribution >= 0.6 is 0 Å². The van der Waals surface area contributed by atoms with Gasteiger partial charge in [0.1, 0.15) is 0 Å². The molecule has 0 bridgehead atoms. The zero-order chi connectivity index (χ0) is 24.6. The normalized spacial score (nSPS) is 33.9. The molecule has 3 N–H and O–H groups in total. The molecule has 4 atom stereocenters. The second-order valence-corrected chi connectivity index (χ2v) is 12.8. The van der Waals surface area contributed by atoms with E-state index >= 15 is 0 Å². The standard InChI is InChI=1S/C22H39N.C9H12.C2H6/c1-22(23,14-16-10-18-6-2-3-7-19(18)11-16)15-17-12-20-8-4-5-9-21(20)13-17;1-3-9-6-4-8(2)5-7-9;1-2/h16-21H,2-15,23H2,1H3;4-7H,3H2,1-2H3;1-2H3/p+1. The van der Waals surface area contributed by atoms with Gasteiger partial charge in [-0.15, -0.1) is 0 Å². The molecule has 1 aromatic rings. The highest BCUT2D eigenvalue weighted by Gasteiger charge is 2.42. The smallest absolute Gasteiger partial charge is 0.0922 e. The summed E-state index contributed by atoms with van der Waals surface area (Å²) in [5.74, 6) is 6.40. The molecule has 34 heavy (non-hydrogen) atoms. The number of hydrogen-bond acceptors (Lipinski definition) is 0. The van der Waals surface area contributed by atoms with Crippen molar-refractivity contribution in [3.05, 3.63) is 35.4 Å². The lowest BCUT2D eigenvalue weighted by atomic mass is 9.80. The number of benzene rings is 1. The zero-order valence-corrected chi connectivity index (χ0v) is 23.6. The Labute approximate surface area is 213 Å². The van der Waals surface area contributed by atoms with Crippen LogP contribution in [0.25, 0.3) is 0 Å². The molecule has 5 rings (SSSR count). The minimum atomic E-state index is 0.357. The van der Waals surface area contributed by atoms with Gasteiger partial charge in [0.2, 0.25) is 0 Å². The Morgan fingerprint density at radius 2 is 1.06 bits per heavy atom. The molecule has 0 aliphatic heterocycles. The average Bonchev–Trinajstić information content (AvgIpc) is 3.43. The Kier molecular flexibility index (Phi) is 11.0. The van der Waals surface area contributed by atoms with Gasteiger partial charge in [-0.25, -0.2) is 0 Å². The average molecular weight is 469 g/mol. The second-order valence-electron chi connectivity index (χ2n) is 12.8. The predicted octanol–water partition coefficient (Wildman–Crippen LogP) is 8.78. The summed E-state index contributed by atoms with van der Waals surface area (Å²) in [5, 5.41) is 0. The van der Waals surface area contributed by atoms with Crippen molar-refractivity contribution in [1.29, 1.82) is 0 Å². The van der Waals surface area contributed by atoms with Crippen molar-refractivity contribution in [1.82, 2.24) is 0 Å². The fraction of sp³-hybridized carbons (Fsp3) is 0.818. The van der Waals surface area contributed by atoms with Crippen molar-refractivity contribution in [3.8, 4) is 0 Å². The zero-order valence-electron chi connectivity index (χ0n) is 23.6. The molecule has 194 valence electrons.